The molecule has 0 amide bonds. The lowest BCUT2D eigenvalue weighted by Gasteiger charge is -2.15. The van der Waals surface area contributed by atoms with E-state index in [1.807, 2.05) is 30.1 Å². The second-order valence-corrected chi connectivity index (χ2v) is 6.36. The molecule has 6 heteroatoms. The molecule has 5 nitrogen and oxygen atoms in total. The van der Waals surface area contributed by atoms with Crippen LogP contribution in [0.15, 0.2) is 30.3 Å². The first-order chi connectivity index (χ1) is 11.2. The van der Waals surface area contributed by atoms with E-state index in [-0.39, 0.29) is 0 Å². The number of aromatic nitrogens is 4. The van der Waals surface area contributed by atoms with E-state index in [0.29, 0.717) is 16.9 Å². The molecule has 2 aromatic heterocycles. The maximum absolute atomic E-state index is 6.54. The van der Waals surface area contributed by atoms with Gasteiger partial charge < -0.3 is 4.90 Å². The van der Waals surface area contributed by atoms with Gasteiger partial charge in [0.05, 0.1) is 5.69 Å². The lowest BCUT2D eigenvalue weighted by molar-refractivity contribution is 0.659. The van der Waals surface area contributed by atoms with Crippen molar-refractivity contribution >= 4 is 23.3 Å². The van der Waals surface area contributed by atoms with Crippen LogP contribution in [0.4, 0.5) is 5.95 Å². The van der Waals surface area contributed by atoms with Gasteiger partial charge in [0.2, 0.25) is 5.95 Å². The third-order valence-corrected chi connectivity index (χ3v) is 4.68. The molecule has 0 spiro atoms. The molecule has 0 bridgehead atoms. The van der Waals surface area contributed by atoms with Gasteiger partial charge in [0.1, 0.15) is 5.15 Å². The van der Waals surface area contributed by atoms with Crippen LogP contribution in [-0.4, -0.2) is 26.6 Å². The summed E-state index contributed by atoms with van der Waals surface area (Å²) in [6.07, 6.45) is 4.29. The molecular formula is C17H18ClN5. The summed E-state index contributed by atoms with van der Waals surface area (Å²) in [5.41, 5.74) is 3.43. The third-order valence-electron chi connectivity index (χ3n) is 4.29. The summed E-state index contributed by atoms with van der Waals surface area (Å²) in [6, 6.07) is 10.3. The molecule has 0 saturated heterocycles. The van der Waals surface area contributed by atoms with Crippen molar-refractivity contribution in [2.45, 2.75) is 32.2 Å². The number of hydrogen-bond donors (Lipinski definition) is 0. The molecule has 118 valence electrons. The minimum Gasteiger partial charge on any atom is -0.338 e. The normalized spacial score (nSPS) is 14.0. The molecule has 23 heavy (non-hydrogen) atoms. The molecule has 0 saturated carbocycles. The predicted octanol–water partition coefficient (Wildman–Crippen LogP) is 3.29. The van der Waals surface area contributed by atoms with Crippen molar-refractivity contribution in [2.24, 2.45) is 0 Å². The zero-order valence-corrected chi connectivity index (χ0v) is 13.8. The Morgan fingerprint density at radius 1 is 1.13 bits per heavy atom. The summed E-state index contributed by atoms with van der Waals surface area (Å²) in [6.45, 7) is 0.745. The van der Waals surface area contributed by atoms with Crippen LogP contribution in [0.25, 0.3) is 5.78 Å². The molecule has 0 atom stereocenters. The lowest BCUT2D eigenvalue weighted by atomic mass is 9.97. The van der Waals surface area contributed by atoms with Gasteiger partial charge in [0.25, 0.3) is 5.78 Å². The number of rotatable bonds is 3. The van der Waals surface area contributed by atoms with E-state index in [9.17, 15) is 0 Å². The maximum atomic E-state index is 6.54. The van der Waals surface area contributed by atoms with E-state index in [4.69, 9.17) is 11.6 Å². The predicted molar refractivity (Wildman–Crippen MR) is 91.0 cm³/mol. The Hall–Kier alpha value is -2.14. The zero-order valence-electron chi connectivity index (χ0n) is 13.0. The molecule has 1 aliphatic carbocycles. The van der Waals surface area contributed by atoms with E-state index in [0.717, 1.165) is 37.1 Å². The number of aryl methyl sites for hydroxylation is 1. The van der Waals surface area contributed by atoms with E-state index >= 15 is 0 Å². The lowest BCUT2D eigenvalue weighted by Crippen LogP contribution is -2.17. The van der Waals surface area contributed by atoms with E-state index < -0.39 is 0 Å². The quantitative estimate of drug-likeness (QED) is 0.692. The molecule has 1 aliphatic rings. The third kappa shape index (κ3) is 2.65. The Morgan fingerprint density at radius 2 is 1.91 bits per heavy atom. The van der Waals surface area contributed by atoms with Crippen LogP contribution in [0.5, 0.6) is 0 Å². The Labute approximate surface area is 139 Å². The standard InChI is InChI=1S/C17H18ClN5/c1-22(11-12-7-3-2-4-8-12)17-20-16-19-14-10-6-5-9-13(14)15(18)23(16)21-17/h2-4,7-8H,5-6,9-11H2,1H3. The number of anilines is 1. The molecule has 0 radical (unpaired) electrons. The van der Waals surface area contributed by atoms with Crippen molar-refractivity contribution in [2.75, 3.05) is 11.9 Å². The summed E-state index contributed by atoms with van der Waals surface area (Å²) in [5.74, 6) is 1.23. The molecule has 0 aliphatic heterocycles. The zero-order chi connectivity index (χ0) is 15.8. The van der Waals surface area contributed by atoms with Crippen LogP contribution in [0, 0.1) is 0 Å². The van der Waals surface area contributed by atoms with E-state index in [2.05, 4.69) is 27.2 Å². The molecule has 0 fully saturated rings. The summed E-state index contributed by atoms with van der Waals surface area (Å²) < 4.78 is 1.67. The van der Waals surface area contributed by atoms with Crippen molar-refractivity contribution < 1.29 is 0 Å². The van der Waals surface area contributed by atoms with Crippen LogP contribution < -0.4 is 4.90 Å². The summed E-state index contributed by atoms with van der Waals surface area (Å²) in [5, 5.41) is 5.22. The first-order valence-corrected chi connectivity index (χ1v) is 8.29. The van der Waals surface area contributed by atoms with Gasteiger partial charge in [-0.2, -0.15) is 9.50 Å². The molecule has 3 aromatic rings. The first kappa shape index (κ1) is 14.5. The fraction of sp³-hybridized carbons (Fsp3) is 0.353. The summed E-state index contributed by atoms with van der Waals surface area (Å²) >= 11 is 6.54. The highest BCUT2D eigenvalue weighted by molar-refractivity contribution is 6.30. The van der Waals surface area contributed by atoms with Crippen molar-refractivity contribution in [3.05, 3.63) is 52.3 Å². The van der Waals surface area contributed by atoms with Crippen molar-refractivity contribution in [1.82, 2.24) is 19.6 Å². The average Bonchev–Trinajstić information content (AvgIpc) is 3.00. The summed E-state index contributed by atoms with van der Waals surface area (Å²) in [7, 11) is 1.98. The minimum absolute atomic E-state index is 0.588. The van der Waals surface area contributed by atoms with Gasteiger partial charge >= 0.3 is 0 Å². The molecule has 4 rings (SSSR count). The van der Waals surface area contributed by atoms with Gasteiger partial charge in [-0.25, -0.2) is 4.98 Å². The smallest absolute Gasteiger partial charge is 0.255 e. The van der Waals surface area contributed by atoms with Crippen molar-refractivity contribution in [3.63, 3.8) is 0 Å². The number of hydrogen-bond acceptors (Lipinski definition) is 4. The average molecular weight is 328 g/mol. The van der Waals surface area contributed by atoms with Gasteiger partial charge in [-0.3, -0.25) is 0 Å². The monoisotopic (exact) mass is 327 g/mol. The highest BCUT2D eigenvalue weighted by Gasteiger charge is 2.20. The number of nitrogens with zero attached hydrogens (tertiary/aromatic N) is 5. The van der Waals surface area contributed by atoms with Crippen LogP contribution in [0.2, 0.25) is 5.15 Å². The van der Waals surface area contributed by atoms with E-state index in [1.54, 1.807) is 4.52 Å². The highest BCUT2D eigenvalue weighted by atomic mass is 35.5. The van der Waals surface area contributed by atoms with Gasteiger partial charge in [-0.1, -0.05) is 41.9 Å². The van der Waals surface area contributed by atoms with E-state index in [1.165, 1.54) is 12.0 Å². The van der Waals surface area contributed by atoms with Gasteiger partial charge in [0, 0.05) is 19.2 Å². The molecule has 2 heterocycles. The second-order valence-electron chi connectivity index (χ2n) is 6.00. The largest absolute Gasteiger partial charge is 0.338 e. The maximum Gasteiger partial charge on any atom is 0.255 e. The number of halogens is 1. The van der Waals surface area contributed by atoms with Gasteiger partial charge in [0.15, 0.2) is 0 Å². The summed E-state index contributed by atoms with van der Waals surface area (Å²) in [4.78, 5) is 11.2. The van der Waals surface area contributed by atoms with Crippen LogP contribution in [0.1, 0.15) is 29.7 Å². The Kier molecular flexibility index (Phi) is 3.65. The van der Waals surface area contributed by atoms with Crippen LogP contribution >= 0.6 is 11.6 Å². The van der Waals surface area contributed by atoms with Gasteiger partial charge in [-0.05, 0) is 31.2 Å². The minimum atomic E-state index is 0.588. The first-order valence-electron chi connectivity index (χ1n) is 7.91. The SMILES string of the molecule is CN(Cc1ccccc1)c1nc2nc3c(c(Cl)n2n1)CCCC3. The number of fused-ring (bicyclic) bond motifs is 2. The molecule has 1 aromatic carbocycles. The topological polar surface area (TPSA) is 46.3 Å². The Morgan fingerprint density at radius 3 is 2.74 bits per heavy atom. The molecule has 0 N–H and O–H groups in total. The van der Waals surface area contributed by atoms with Gasteiger partial charge in [-0.15, -0.1) is 5.10 Å². The highest BCUT2D eigenvalue weighted by Crippen LogP contribution is 2.27. The fourth-order valence-corrected chi connectivity index (χ4v) is 3.39. The van der Waals surface area contributed by atoms with Crippen molar-refractivity contribution in [1.29, 1.82) is 0 Å². The van der Waals surface area contributed by atoms with Crippen LogP contribution in [-0.2, 0) is 19.4 Å². The van der Waals surface area contributed by atoms with Crippen molar-refractivity contribution in [3.8, 4) is 0 Å². The Balaban J connectivity index is 1.70. The molecule has 0 unspecified atom stereocenters. The van der Waals surface area contributed by atoms with Crippen LogP contribution in [0.3, 0.4) is 0 Å². The number of benzene rings is 1. The Bertz CT molecular complexity index is 843. The molecular weight excluding hydrogens is 310 g/mol. The second kappa shape index (κ2) is 5.81. The fourth-order valence-electron chi connectivity index (χ4n) is 3.07.